The largest absolute Gasteiger partial charge is 0.346 e. The molecular weight excluding hydrogens is 258 g/mol. The first-order valence-corrected chi connectivity index (χ1v) is 6.74. The van der Waals surface area contributed by atoms with Crippen molar-refractivity contribution in [3.63, 3.8) is 0 Å². The molecular formula is C11H12BrNO2. The van der Waals surface area contributed by atoms with Crippen LogP contribution >= 0.6 is 15.9 Å². The first-order chi connectivity index (χ1) is 7.19. The van der Waals surface area contributed by atoms with Gasteiger partial charge in [-0.2, -0.15) is 0 Å². The molecule has 0 unspecified atom stereocenters. The van der Waals surface area contributed by atoms with Crippen molar-refractivity contribution in [3.05, 3.63) is 0 Å². The summed E-state index contributed by atoms with van der Waals surface area (Å²) in [6.45, 7) is 1.54. The number of rotatable bonds is 0. The van der Waals surface area contributed by atoms with Crippen LogP contribution in [0.5, 0.6) is 0 Å². The number of hydrogen-bond acceptors (Lipinski definition) is 3. The minimum absolute atomic E-state index is 0.0932. The van der Waals surface area contributed by atoms with Crippen LogP contribution in [0.3, 0.4) is 0 Å². The van der Waals surface area contributed by atoms with Crippen molar-refractivity contribution in [3.8, 4) is 0 Å². The maximum Gasteiger partial charge on any atom is 0.187 e. The first-order valence-electron chi connectivity index (χ1n) is 5.95. The highest BCUT2D eigenvalue weighted by atomic mass is 79.9. The van der Waals surface area contributed by atoms with Gasteiger partial charge in [0.1, 0.15) is 0 Å². The Morgan fingerprint density at radius 3 is 2.20 bits per heavy atom. The van der Waals surface area contributed by atoms with Crippen molar-refractivity contribution in [2.75, 3.05) is 13.2 Å². The van der Waals surface area contributed by atoms with Crippen LogP contribution in [-0.4, -0.2) is 28.9 Å². The second-order valence-corrected chi connectivity index (χ2v) is 7.60. The molecule has 7 aliphatic rings. The fourth-order valence-corrected chi connectivity index (χ4v) is 8.24. The monoisotopic (exact) mass is 269 g/mol. The normalized spacial score (nSPS) is 82.0. The summed E-state index contributed by atoms with van der Waals surface area (Å²) in [5, 5.41) is 0. The van der Waals surface area contributed by atoms with E-state index in [9.17, 15) is 0 Å². The highest BCUT2D eigenvalue weighted by Gasteiger charge is 3.08. The Morgan fingerprint density at radius 2 is 1.80 bits per heavy atom. The van der Waals surface area contributed by atoms with E-state index in [4.69, 9.17) is 15.2 Å². The second kappa shape index (κ2) is 1.57. The molecule has 7 fully saturated rings. The maximum atomic E-state index is 6.54. The number of hydrogen-bond donors (Lipinski definition) is 1. The van der Waals surface area contributed by atoms with Crippen molar-refractivity contribution in [2.45, 2.75) is 15.7 Å². The minimum atomic E-state index is -0.270. The van der Waals surface area contributed by atoms with Crippen LogP contribution in [0.1, 0.15) is 0 Å². The van der Waals surface area contributed by atoms with Gasteiger partial charge in [-0.1, -0.05) is 15.9 Å². The Labute approximate surface area is 95.8 Å². The zero-order valence-corrected chi connectivity index (χ0v) is 9.74. The summed E-state index contributed by atoms with van der Waals surface area (Å²) in [5.74, 6) is 4.08. The molecule has 1 spiro atoms. The van der Waals surface area contributed by atoms with E-state index >= 15 is 0 Å². The molecule has 2 bridgehead atoms. The summed E-state index contributed by atoms with van der Waals surface area (Å²) in [4.78, 5) is 0. The van der Waals surface area contributed by atoms with Gasteiger partial charge in [0.2, 0.25) is 0 Å². The maximum absolute atomic E-state index is 6.54. The molecule has 8 atom stereocenters. The van der Waals surface area contributed by atoms with Gasteiger partial charge in [-0.05, 0) is 23.7 Å². The van der Waals surface area contributed by atoms with E-state index in [-0.39, 0.29) is 15.7 Å². The van der Waals surface area contributed by atoms with E-state index in [0.29, 0.717) is 17.8 Å². The molecule has 80 valence electrons. The molecule has 0 aromatic heterocycles. The highest BCUT2D eigenvalue weighted by molar-refractivity contribution is 9.10. The lowest BCUT2D eigenvalue weighted by Gasteiger charge is -2.37. The van der Waals surface area contributed by atoms with Gasteiger partial charge < -0.3 is 15.2 Å². The quantitative estimate of drug-likeness (QED) is 0.645. The van der Waals surface area contributed by atoms with Crippen LogP contribution in [0.15, 0.2) is 0 Å². The zero-order valence-electron chi connectivity index (χ0n) is 8.15. The van der Waals surface area contributed by atoms with Crippen LogP contribution in [-0.2, 0) is 9.47 Å². The third-order valence-corrected chi connectivity index (χ3v) is 8.02. The fraction of sp³-hybridized carbons (Fsp3) is 1.00. The molecule has 3 nitrogen and oxygen atoms in total. The number of nitrogens with two attached hydrogens (primary N) is 1. The summed E-state index contributed by atoms with van der Waals surface area (Å²) in [7, 11) is 0. The van der Waals surface area contributed by atoms with Gasteiger partial charge in [0.25, 0.3) is 0 Å². The molecule has 7 rings (SSSR count). The van der Waals surface area contributed by atoms with Crippen LogP contribution in [0.4, 0.5) is 0 Å². The van der Waals surface area contributed by atoms with E-state index in [1.807, 2.05) is 0 Å². The molecule has 0 aromatic carbocycles. The molecule has 1 saturated heterocycles. The Hall–Kier alpha value is 0.360. The van der Waals surface area contributed by atoms with Gasteiger partial charge in [-0.15, -0.1) is 0 Å². The molecule has 1 aliphatic heterocycles. The van der Waals surface area contributed by atoms with Crippen molar-refractivity contribution >= 4 is 15.9 Å². The summed E-state index contributed by atoms with van der Waals surface area (Å²) in [6, 6.07) is 0. The lowest BCUT2D eigenvalue weighted by Crippen LogP contribution is -2.51. The SMILES string of the molecule is N[C@]12[C@@H]3[C@@H]4[C@H]5[C@@H]1[C@@H]2[C@@](Br)([C@@H]43)C51OCCO1. The predicted molar refractivity (Wildman–Crippen MR) is 54.2 cm³/mol. The van der Waals surface area contributed by atoms with Gasteiger partial charge in [0.05, 0.1) is 17.5 Å². The average Bonchev–Trinajstić information content (AvgIpc) is 2.86. The van der Waals surface area contributed by atoms with Crippen LogP contribution < -0.4 is 5.73 Å². The lowest BCUT2D eigenvalue weighted by molar-refractivity contribution is -0.191. The van der Waals surface area contributed by atoms with Crippen LogP contribution in [0, 0.1) is 35.5 Å². The van der Waals surface area contributed by atoms with Gasteiger partial charge in [-0.3, -0.25) is 0 Å². The lowest BCUT2D eigenvalue weighted by atomic mass is 9.97. The zero-order chi connectivity index (χ0) is 9.79. The van der Waals surface area contributed by atoms with Crippen molar-refractivity contribution in [1.29, 1.82) is 0 Å². The molecule has 2 N–H and O–H groups in total. The summed E-state index contributed by atoms with van der Waals surface area (Å²) in [6.07, 6.45) is 0. The number of halogens is 1. The van der Waals surface area contributed by atoms with E-state index < -0.39 is 0 Å². The predicted octanol–water partition coefficient (Wildman–Crippen LogP) is 0.326. The van der Waals surface area contributed by atoms with Gasteiger partial charge in [0.15, 0.2) is 5.79 Å². The average molecular weight is 270 g/mol. The van der Waals surface area contributed by atoms with E-state index in [1.165, 1.54) is 0 Å². The van der Waals surface area contributed by atoms with E-state index in [1.54, 1.807) is 0 Å². The molecule has 0 aromatic rings. The third kappa shape index (κ3) is 0.397. The molecule has 6 aliphatic carbocycles. The van der Waals surface area contributed by atoms with Crippen LogP contribution in [0.25, 0.3) is 0 Å². The van der Waals surface area contributed by atoms with Gasteiger partial charge in [-0.25, -0.2) is 0 Å². The highest BCUT2D eigenvalue weighted by Crippen LogP contribution is 3.00. The van der Waals surface area contributed by atoms with Crippen LogP contribution in [0.2, 0.25) is 0 Å². The molecule has 0 radical (unpaired) electrons. The summed E-state index contributed by atoms with van der Waals surface area (Å²) >= 11 is 4.01. The number of ether oxygens (including phenoxy) is 2. The Kier molecular flexibility index (Phi) is 0.802. The standard InChI is InChI=1S/C11H12BrNO2/c12-10-5-3-4(5)9(13)7(8(9)10)6(3)11(10)14-1-2-15-11/h3-8H,1-2,13H2/t3-,4+,5-,6-,7+,8-,9+,10-/m0/s1. The smallest absolute Gasteiger partial charge is 0.187 e. The molecule has 4 heteroatoms. The molecule has 6 saturated carbocycles. The Bertz CT molecular complexity index is 436. The van der Waals surface area contributed by atoms with E-state index in [2.05, 4.69) is 15.9 Å². The van der Waals surface area contributed by atoms with E-state index in [0.717, 1.165) is 31.0 Å². The second-order valence-electron chi connectivity index (χ2n) is 6.29. The minimum Gasteiger partial charge on any atom is -0.346 e. The van der Waals surface area contributed by atoms with Crippen molar-refractivity contribution in [2.24, 2.45) is 41.2 Å². The first kappa shape index (κ1) is 7.64. The van der Waals surface area contributed by atoms with Crippen molar-refractivity contribution < 1.29 is 9.47 Å². The van der Waals surface area contributed by atoms with Gasteiger partial charge in [0, 0.05) is 17.4 Å². The summed E-state index contributed by atoms with van der Waals surface area (Å²) in [5.41, 5.74) is 6.72. The Balaban J connectivity index is 1.68. The third-order valence-electron chi connectivity index (χ3n) is 6.45. The van der Waals surface area contributed by atoms with Gasteiger partial charge >= 0.3 is 0 Å². The van der Waals surface area contributed by atoms with Crippen molar-refractivity contribution in [1.82, 2.24) is 0 Å². The molecule has 1 heterocycles. The summed E-state index contributed by atoms with van der Waals surface area (Å²) < 4.78 is 12.1. The fourth-order valence-electron chi connectivity index (χ4n) is 6.48. The molecule has 15 heavy (non-hydrogen) atoms. The topological polar surface area (TPSA) is 44.5 Å². The molecule has 0 amide bonds. The Morgan fingerprint density at radius 1 is 1.07 bits per heavy atom. The number of alkyl halides is 1.